The summed E-state index contributed by atoms with van der Waals surface area (Å²) >= 11 is 0. The van der Waals surface area contributed by atoms with E-state index in [2.05, 4.69) is 27.8 Å². The molecule has 3 aliphatic rings. The van der Waals surface area contributed by atoms with Crippen LogP contribution in [-0.4, -0.2) is 199 Å². The first-order valence-electron chi connectivity index (χ1n) is 29.5. The Labute approximate surface area is 492 Å². The molecule has 3 heterocycles. The van der Waals surface area contributed by atoms with Crippen molar-refractivity contribution in [2.75, 3.05) is 79.9 Å². The summed E-state index contributed by atoms with van der Waals surface area (Å²) in [6, 6.07) is 13.8. The number of nitrogens with zero attached hydrogens (tertiary/aromatic N) is 7. The van der Waals surface area contributed by atoms with Crippen LogP contribution in [0.5, 0.6) is 0 Å². The smallest absolute Gasteiger partial charge is 0.410 e. The van der Waals surface area contributed by atoms with Crippen molar-refractivity contribution in [3.8, 4) is 0 Å². The molecule has 2 aromatic rings. The predicted octanol–water partition coefficient (Wildman–Crippen LogP) is 5.87. The zero-order valence-corrected chi connectivity index (χ0v) is 51.5. The maximum atomic E-state index is 14.8. The van der Waals surface area contributed by atoms with Gasteiger partial charge in [0, 0.05) is 112 Å². The number of likely N-dealkylation sites (N-methyl/N-ethyl adjacent to an activating group) is 1. The lowest BCUT2D eigenvalue weighted by atomic mass is 9.89. The highest BCUT2D eigenvalue weighted by molar-refractivity contribution is 6.12. The Morgan fingerprint density at radius 3 is 2.00 bits per heavy atom. The Bertz CT molecular complexity index is 2540. The van der Waals surface area contributed by atoms with E-state index in [1.54, 1.807) is 60.0 Å². The molecule has 458 valence electrons. The first kappa shape index (κ1) is 66.9. The van der Waals surface area contributed by atoms with Gasteiger partial charge in [0.05, 0.1) is 36.6 Å². The maximum Gasteiger partial charge on any atom is 0.410 e. The van der Waals surface area contributed by atoms with Gasteiger partial charge in [-0.15, -0.1) is 0 Å². The Balaban J connectivity index is 1.21. The summed E-state index contributed by atoms with van der Waals surface area (Å²) in [5.74, 6) is -2.38. The van der Waals surface area contributed by atoms with Crippen LogP contribution >= 0.6 is 0 Å². The highest BCUT2D eigenvalue weighted by Crippen LogP contribution is 2.30. The number of hydrogen-bond acceptors (Lipinski definition) is 12. The third kappa shape index (κ3) is 19.3. The van der Waals surface area contributed by atoms with E-state index in [4.69, 9.17) is 19.2 Å². The third-order valence-electron chi connectivity index (χ3n) is 15.8. The summed E-state index contributed by atoms with van der Waals surface area (Å²) < 4.78 is 17.9. The minimum absolute atomic E-state index is 0.0270. The van der Waals surface area contributed by atoms with Gasteiger partial charge in [0.25, 0.3) is 11.8 Å². The topological polar surface area (TPSA) is 232 Å². The number of carbonyl (C=O) groups is 8. The Hall–Kier alpha value is -6.87. The van der Waals surface area contributed by atoms with Gasteiger partial charge >= 0.3 is 6.09 Å². The predicted molar refractivity (Wildman–Crippen MR) is 319 cm³/mol. The SMILES string of the molecule is CCC(C)C(C(CC(=O)N1CCC[C@H]1C(OC)C(C)C(=O)NC(Cc1ccccc1)C(=O)Nc1ccc(CNC(=O)CCCCCN2C(=O)C=CC2=O)cc1)OC)N(C)C(=O)C(N=C(N(C)C)N1CCN(C(=O)OC(C)(C)C)CC1)C(C)C. The fourth-order valence-electron chi connectivity index (χ4n) is 11.0. The van der Waals surface area contributed by atoms with Crippen molar-refractivity contribution in [1.82, 2.24) is 40.0 Å². The van der Waals surface area contributed by atoms with E-state index < -0.39 is 59.7 Å². The van der Waals surface area contributed by atoms with Crippen LogP contribution in [0.1, 0.15) is 118 Å². The highest BCUT2D eigenvalue weighted by atomic mass is 16.6. The van der Waals surface area contributed by atoms with Gasteiger partial charge in [-0.1, -0.05) is 89.9 Å². The van der Waals surface area contributed by atoms with Gasteiger partial charge in [-0.25, -0.2) is 9.79 Å². The normalized spacial score (nSPS) is 18.3. The van der Waals surface area contributed by atoms with Crippen molar-refractivity contribution in [3.63, 3.8) is 0 Å². The van der Waals surface area contributed by atoms with E-state index >= 15 is 0 Å². The highest BCUT2D eigenvalue weighted by Gasteiger charge is 2.43. The number of imide groups is 1. The van der Waals surface area contributed by atoms with Crippen LogP contribution in [-0.2, 0) is 60.7 Å². The number of carbonyl (C=O) groups excluding carboxylic acids is 8. The van der Waals surface area contributed by atoms with Crippen LogP contribution < -0.4 is 16.0 Å². The summed E-state index contributed by atoms with van der Waals surface area (Å²) in [7, 11) is 8.64. The van der Waals surface area contributed by atoms with E-state index in [9.17, 15) is 38.4 Å². The fourth-order valence-corrected chi connectivity index (χ4v) is 11.0. The number of rotatable bonds is 27. The Morgan fingerprint density at radius 2 is 1.42 bits per heavy atom. The average molecular weight is 1160 g/mol. The molecule has 2 aromatic carbocycles. The second-order valence-corrected chi connectivity index (χ2v) is 23.7. The van der Waals surface area contributed by atoms with Crippen LogP contribution in [0.2, 0.25) is 0 Å². The minimum atomic E-state index is -0.977. The number of nitrogens with one attached hydrogen (secondary N) is 3. The van der Waals surface area contributed by atoms with Gasteiger partial charge in [-0.3, -0.25) is 38.5 Å². The van der Waals surface area contributed by atoms with E-state index in [1.807, 2.05) is 90.9 Å². The van der Waals surface area contributed by atoms with Crippen molar-refractivity contribution < 1.29 is 52.6 Å². The largest absolute Gasteiger partial charge is 0.444 e. The van der Waals surface area contributed by atoms with Gasteiger partial charge in [0.1, 0.15) is 17.7 Å². The van der Waals surface area contributed by atoms with Gasteiger partial charge in [-0.05, 0) is 81.5 Å². The molecular formula is C62H94N10O11. The van der Waals surface area contributed by atoms with Crippen molar-refractivity contribution in [2.45, 2.75) is 162 Å². The molecule has 3 aliphatic heterocycles. The molecule has 2 saturated heterocycles. The van der Waals surface area contributed by atoms with Gasteiger partial charge < -0.3 is 54.7 Å². The molecule has 2 fully saturated rings. The van der Waals surface area contributed by atoms with Crippen LogP contribution in [0.25, 0.3) is 0 Å². The van der Waals surface area contributed by atoms with E-state index in [0.717, 1.165) is 11.1 Å². The van der Waals surface area contributed by atoms with Crippen LogP contribution in [0.4, 0.5) is 10.5 Å². The number of aliphatic imine (C=N–C) groups is 1. The number of guanidine groups is 1. The van der Waals surface area contributed by atoms with Crippen molar-refractivity contribution in [1.29, 1.82) is 0 Å². The number of anilines is 1. The molecule has 0 spiro atoms. The Kier molecular flexibility index (Phi) is 25.6. The molecular weight excluding hydrogens is 1060 g/mol. The number of benzene rings is 2. The average Bonchev–Trinajstić information content (AvgIpc) is 4.27. The van der Waals surface area contributed by atoms with Crippen LogP contribution in [0.15, 0.2) is 71.7 Å². The van der Waals surface area contributed by atoms with Gasteiger partial charge in [-0.2, -0.15) is 0 Å². The molecule has 21 nitrogen and oxygen atoms in total. The number of likely N-dealkylation sites (tertiary alicyclic amines) is 1. The summed E-state index contributed by atoms with van der Waals surface area (Å²) in [5, 5.41) is 8.88. The lowest BCUT2D eigenvalue weighted by Gasteiger charge is -2.41. The quantitative estimate of drug-likeness (QED) is 0.0412. The molecule has 21 heteroatoms. The molecule has 0 radical (unpaired) electrons. The lowest BCUT2D eigenvalue weighted by molar-refractivity contribution is -0.146. The molecule has 5 rings (SSSR count). The monoisotopic (exact) mass is 1150 g/mol. The summed E-state index contributed by atoms with van der Waals surface area (Å²) in [6.07, 6.45) is 5.13. The second-order valence-electron chi connectivity index (χ2n) is 23.7. The molecule has 8 amide bonds. The van der Waals surface area contributed by atoms with E-state index in [-0.39, 0.29) is 66.9 Å². The number of piperazine rings is 1. The zero-order valence-electron chi connectivity index (χ0n) is 51.5. The maximum absolute atomic E-state index is 14.8. The molecule has 0 aliphatic carbocycles. The third-order valence-corrected chi connectivity index (χ3v) is 15.8. The van der Waals surface area contributed by atoms with Crippen LogP contribution in [0.3, 0.4) is 0 Å². The lowest BCUT2D eigenvalue weighted by Crippen LogP contribution is -2.56. The van der Waals surface area contributed by atoms with Crippen molar-refractivity contribution >= 4 is 59.1 Å². The van der Waals surface area contributed by atoms with Gasteiger partial charge in [0.2, 0.25) is 29.5 Å². The Morgan fingerprint density at radius 1 is 0.783 bits per heavy atom. The van der Waals surface area contributed by atoms with Crippen molar-refractivity contribution in [3.05, 3.63) is 77.9 Å². The number of methoxy groups -OCH3 is 2. The first-order valence-corrected chi connectivity index (χ1v) is 29.5. The summed E-state index contributed by atoms with van der Waals surface area (Å²) in [5.41, 5.74) is 1.55. The number of amides is 8. The standard InChI is InChI=1S/C62H94N10O11/c1-14-42(4)55(68(11)59(79)54(41(2)3)66-60(67(9)10)69-34-36-70(37-35-69)61(80)83-62(6,7)8)49(81-12)39-53(76)71-33-21-24-48(71)56(82-13)43(5)57(77)65-47(38-44-22-17-15-18-23-44)58(78)64-46-28-26-45(27-29-46)40-63-50(73)25-19-16-20-32-72-51(74)30-31-52(72)75/h15,17-18,22-23,26-31,41-43,47-49,54-56H,14,16,19-21,24-25,32-40H2,1-13H3,(H,63,73)(H,64,78)(H,65,77)/t42?,43?,47?,48-,49?,54?,55?,56?/m0/s1. The second kappa shape index (κ2) is 31.7. The molecule has 3 N–H and O–H groups in total. The molecule has 7 unspecified atom stereocenters. The minimum Gasteiger partial charge on any atom is -0.444 e. The summed E-state index contributed by atoms with van der Waals surface area (Å²) in [4.78, 5) is 122. The van der Waals surface area contributed by atoms with Gasteiger partial charge in [0.15, 0.2) is 5.96 Å². The van der Waals surface area contributed by atoms with Crippen molar-refractivity contribution in [2.24, 2.45) is 22.7 Å². The number of unbranched alkanes of at least 4 members (excludes halogenated alkanes) is 2. The number of hydrogen-bond donors (Lipinski definition) is 3. The first-order chi connectivity index (χ1) is 39.4. The zero-order chi connectivity index (χ0) is 61.1. The van der Waals surface area contributed by atoms with Crippen LogP contribution in [0, 0.1) is 17.8 Å². The summed E-state index contributed by atoms with van der Waals surface area (Å²) in [6.45, 7) is 18.3. The number of ether oxygens (including phenoxy) is 3. The molecule has 0 bridgehead atoms. The molecule has 8 atom stereocenters. The molecule has 0 saturated carbocycles. The van der Waals surface area contributed by atoms with E-state index in [1.165, 1.54) is 24.2 Å². The van der Waals surface area contributed by atoms with E-state index in [0.29, 0.717) is 95.9 Å². The molecule has 0 aromatic heterocycles. The molecule has 83 heavy (non-hydrogen) atoms. The fraction of sp³-hybridized carbons (Fsp3) is 0.629.